The highest BCUT2D eigenvalue weighted by Crippen LogP contribution is 2.33. The zero-order chi connectivity index (χ0) is 27.8. The molecule has 206 valence electrons. The lowest BCUT2D eigenvalue weighted by Crippen LogP contribution is -2.53. The number of rotatable bonds is 6. The van der Waals surface area contributed by atoms with Gasteiger partial charge in [-0.25, -0.2) is 14.8 Å². The van der Waals surface area contributed by atoms with Gasteiger partial charge in [-0.2, -0.15) is 22.0 Å². The number of hydrogen-bond acceptors (Lipinski definition) is 10. The third-order valence-corrected chi connectivity index (χ3v) is 7.80. The number of oxazole rings is 1. The number of phenolic OH excluding ortho intramolecular Hbond substituents is 1. The number of imidazole rings is 1. The molecule has 0 bridgehead atoms. The number of ether oxygens (including phenoxy) is 1. The number of aromatic hydroxyl groups is 1. The van der Waals surface area contributed by atoms with Crippen LogP contribution in [-0.4, -0.2) is 79.4 Å². The maximum absolute atomic E-state index is 13.0. The maximum atomic E-state index is 13.0. The Balaban J connectivity index is 1.33. The van der Waals surface area contributed by atoms with Crippen molar-refractivity contribution in [2.24, 2.45) is 0 Å². The van der Waals surface area contributed by atoms with E-state index in [9.17, 15) is 18.3 Å². The van der Waals surface area contributed by atoms with E-state index in [1.54, 1.807) is 61.8 Å². The third-order valence-electron chi connectivity index (χ3n) is 5.89. The Labute approximate surface area is 225 Å². The number of nitrogens with one attached hydrogen (secondary N) is 1. The molecule has 0 unspecified atom stereocenters. The fraction of sp³-hybridized carbons (Fsp3) is 0.360. The SMILES string of the molecule is CC(C)(C)OC(=O)N1CCCN(CCNc2nccc(-c3c(-c4cccc(O)c4)nc4occn34)n2)S1(=O)=O. The fourth-order valence-corrected chi connectivity index (χ4v) is 5.79. The van der Waals surface area contributed by atoms with Crippen LogP contribution in [0.3, 0.4) is 0 Å². The molecule has 1 aliphatic heterocycles. The zero-order valence-corrected chi connectivity index (χ0v) is 22.6. The maximum Gasteiger partial charge on any atom is 0.425 e. The summed E-state index contributed by atoms with van der Waals surface area (Å²) in [6.07, 6.45) is 4.42. The Bertz CT molecular complexity index is 1610. The molecule has 13 nitrogen and oxygen atoms in total. The van der Waals surface area contributed by atoms with Crippen molar-refractivity contribution in [3.8, 4) is 28.4 Å². The first-order valence-electron chi connectivity index (χ1n) is 12.4. The van der Waals surface area contributed by atoms with Gasteiger partial charge in [-0.3, -0.25) is 4.40 Å². The van der Waals surface area contributed by atoms with Crippen LogP contribution in [0.1, 0.15) is 27.2 Å². The summed E-state index contributed by atoms with van der Waals surface area (Å²) < 4.78 is 40.6. The standard InChI is InChI=1S/C25H29N7O6S/c1-25(2,3)38-24(34)32-12-5-11-30(39(32,35)36)13-10-27-22-26-9-8-19(28-22)21-20(17-6-4-7-18(33)16-17)29-23-31(21)14-15-37-23/h4,6-9,14-16,33H,5,10-13H2,1-3H3,(H,26,27,28). The average Bonchev–Trinajstić information content (AvgIpc) is 3.45. The van der Waals surface area contributed by atoms with Gasteiger partial charge in [0, 0.05) is 44.1 Å². The Kier molecular flexibility index (Phi) is 6.91. The Morgan fingerprint density at radius 3 is 2.79 bits per heavy atom. The lowest BCUT2D eigenvalue weighted by molar-refractivity contribution is 0.0364. The highest BCUT2D eigenvalue weighted by molar-refractivity contribution is 7.87. The van der Waals surface area contributed by atoms with Crippen LogP contribution in [0, 0.1) is 0 Å². The summed E-state index contributed by atoms with van der Waals surface area (Å²) in [5.74, 6) is 0.749. The monoisotopic (exact) mass is 555 g/mol. The second kappa shape index (κ2) is 10.2. The molecule has 4 aromatic rings. The topological polar surface area (TPSA) is 155 Å². The number of anilines is 1. The van der Waals surface area contributed by atoms with Crippen molar-refractivity contribution in [2.45, 2.75) is 32.8 Å². The lowest BCUT2D eigenvalue weighted by Gasteiger charge is -2.35. The second-order valence-electron chi connectivity index (χ2n) is 9.92. The van der Waals surface area contributed by atoms with Crippen molar-refractivity contribution in [1.29, 1.82) is 0 Å². The van der Waals surface area contributed by atoms with Crippen LogP contribution in [0.2, 0.25) is 0 Å². The highest BCUT2D eigenvalue weighted by atomic mass is 32.2. The van der Waals surface area contributed by atoms with Crippen molar-refractivity contribution in [2.75, 3.05) is 31.5 Å². The van der Waals surface area contributed by atoms with E-state index in [4.69, 9.17) is 9.15 Å². The molecular weight excluding hydrogens is 526 g/mol. The molecule has 1 saturated heterocycles. The number of carbonyl (C=O) groups excluding carboxylic acids is 1. The molecule has 1 fully saturated rings. The van der Waals surface area contributed by atoms with Gasteiger partial charge < -0.3 is 19.6 Å². The van der Waals surface area contributed by atoms with Gasteiger partial charge in [-0.05, 0) is 45.4 Å². The third kappa shape index (κ3) is 5.52. The van der Waals surface area contributed by atoms with Crippen LogP contribution >= 0.6 is 0 Å². The number of nitrogens with zero attached hydrogens (tertiary/aromatic N) is 6. The summed E-state index contributed by atoms with van der Waals surface area (Å²) in [6.45, 7) is 5.72. The minimum absolute atomic E-state index is 0.0711. The van der Waals surface area contributed by atoms with Gasteiger partial charge >= 0.3 is 22.1 Å². The number of carbonyl (C=O) groups is 1. The Morgan fingerprint density at radius 1 is 1.21 bits per heavy atom. The molecule has 2 N–H and O–H groups in total. The van der Waals surface area contributed by atoms with Crippen LogP contribution in [-0.2, 0) is 14.9 Å². The van der Waals surface area contributed by atoms with Crippen molar-refractivity contribution in [3.63, 3.8) is 0 Å². The quantitative estimate of drug-likeness (QED) is 0.362. The molecule has 0 radical (unpaired) electrons. The number of hydrogen-bond donors (Lipinski definition) is 2. The molecule has 1 aliphatic rings. The number of fused-ring (bicyclic) bond motifs is 1. The summed E-state index contributed by atoms with van der Waals surface area (Å²) in [7, 11) is -4.02. The molecule has 14 heteroatoms. The van der Waals surface area contributed by atoms with E-state index in [2.05, 4.69) is 20.3 Å². The zero-order valence-electron chi connectivity index (χ0n) is 21.7. The molecule has 1 aromatic carbocycles. The minimum Gasteiger partial charge on any atom is -0.508 e. The first-order valence-corrected chi connectivity index (χ1v) is 13.8. The number of amides is 1. The molecule has 39 heavy (non-hydrogen) atoms. The first-order chi connectivity index (χ1) is 18.5. The normalized spacial score (nSPS) is 15.9. The van der Waals surface area contributed by atoms with Crippen molar-refractivity contribution < 1.29 is 27.5 Å². The van der Waals surface area contributed by atoms with E-state index >= 15 is 0 Å². The van der Waals surface area contributed by atoms with Gasteiger partial charge in [0.05, 0.1) is 5.69 Å². The number of aromatic nitrogens is 4. The van der Waals surface area contributed by atoms with Crippen LogP contribution in [0.5, 0.6) is 5.75 Å². The van der Waals surface area contributed by atoms with Gasteiger partial charge in [-0.15, -0.1) is 0 Å². The number of phenols is 1. The minimum atomic E-state index is -4.02. The summed E-state index contributed by atoms with van der Waals surface area (Å²) in [5, 5.41) is 13.0. The molecule has 3 aromatic heterocycles. The van der Waals surface area contributed by atoms with E-state index in [1.165, 1.54) is 10.6 Å². The lowest BCUT2D eigenvalue weighted by atomic mass is 10.1. The average molecular weight is 556 g/mol. The van der Waals surface area contributed by atoms with Crippen molar-refractivity contribution in [1.82, 2.24) is 28.0 Å². The molecule has 0 saturated carbocycles. The van der Waals surface area contributed by atoms with Crippen LogP contribution < -0.4 is 5.32 Å². The van der Waals surface area contributed by atoms with Crippen LogP contribution in [0.25, 0.3) is 28.5 Å². The first kappa shape index (κ1) is 26.4. The van der Waals surface area contributed by atoms with E-state index < -0.39 is 21.9 Å². The second-order valence-corrected chi connectivity index (χ2v) is 11.8. The van der Waals surface area contributed by atoms with Gasteiger partial charge in [0.2, 0.25) is 5.95 Å². The predicted molar refractivity (Wildman–Crippen MR) is 142 cm³/mol. The summed E-state index contributed by atoms with van der Waals surface area (Å²) in [4.78, 5) is 25.9. The largest absolute Gasteiger partial charge is 0.508 e. The van der Waals surface area contributed by atoms with Crippen LogP contribution in [0.15, 0.2) is 53.4 Å². The van der Waals surface area contributed by atoms with Gasteiger partial charge in [0.1, 0.15) is 29.0 Å². The summed E-state index contributed by atoms with van der Waals surface area (Å²) >= 11 is 0. The van der Waals surface area contributed by atoms with E-state index in [0.717, 1.165) is 4.31 Å². The molecule has 0 spiro atoms. The molecular formula is C25H29N7O6S. The smallest absolute Gasteiger partial charge is 0.425 e. The summed E-state index contributed by atoms with van der Waals surface area (Å²) in [5.41, 5.74) is 1.62. The van der Waals surface area contributed by atoms with Crippen LogP contribution in [0.4, 0.5) is 10.7 Å². The van der Waals surface area contributed by atoms with E-state index in [-0.39, 0.29) is 37.9 Å². The van der Waals surface area contributed by atoms with E-state index in [0.29, 0.717) is 34.9 Å². The molecule has 4 heterocycles. The highest BCUT2D eigenvalue weighted by Gasteiger charge is 2.39. The molecule has 0 aliphatic carbocycles. The summed E-state index contributed by atoms with van der Waals surface area (Å²) in [6, 6.07) is 8.45. The predicted octanol–water partition coefficient (Wildman–Crippen LogP) is 3.36. The van der Waals surface area contributed by atoms with E-state index in [1.807, 2.05) is 6.07 Å². The van der Waals surface area contributed by atoms with Crippen molar-refractivity contribution in [3.05, 3.63) is 49.0 Å². The fourth-order valence-electron chi connectivity index (χ4n) is 4.24. The molecule has 5 rings (SSSR count). The van der Waals surface area contributed by atoms with Gasteiger partial charge in [0.15, 0.2) is 0 Å². The van der Waals surface area contributed by atoms with Gasteiger partial charge in [-0.1, -0.05) is 12.1 Å². The van der Waals surface area contributed by atoms with Gasteiger partial charge in [0.25, 0.3) is 0 Å². The Hall–Kier alpha value is -4.17. The molecule has 1 amide bonds. The Morgan fingerprint density at radius 2 is 2.03 bits per heavy atom. The van der Waals surface area contributed by atoms with Crippen molar-refractivity contribution >= 4 is 28.1 Å². The molecule has 0 atom stereocenters. The number of benzene rings is 1.